The summed E-state index contributed by atoms with van der Waals surface area (Å²) in [4.78, 5) is 28.0. The molecule has 0 atom stereocenters. The van der Waals surface area contributed by atoms with Crippen LogP contribution in [0.3, 0.4) is 0 Å². The van der Waals surface area contributed by atoms with Gasteiger partial charge in [-0.15, -0.1) is 0 Å². The van der Waals surface area contributed by atoms with Gasteiger partial charge in [0.2, 0.25) is 0 Å². The van der Waals surface area contributed by atoms with Gasteiger partial charge < -0.3 is 19.2 Å². The number of carbonyl (C=O) groups is 1. The van der Waals surface area contributed by atoms with E-state index in [4.69, 9.17) is 9.15 Å². The summed E-state index contributed by atoms with van der Waals surface area (Å²) in [7, 11) is 2.10. The minimum Gasteiger partial charge on any atom is -0.508 e. The van der Waals surface area contributed by atoms with Crippen molar-refractivity contribution in [3.05, 3.63) is 80.7 Å². The summed E-state index contributed by atoms with van der Waals surface area (Å²) in [5, 5.41) is 10.9. The van der Waals surface area contributed by atoms with E-state index in [1.807, 2.05) is 39.0 Å². The van der Waals surface area contributed by atoms with Crippen LogP contribution in [0.15, 0.2) is 57.3 Å². The molecule has 3 aromatic rings. The third-order valence-electron chi connectivity index (χ3n) is 6.70. The topological polar surface area (TPSA) is 80.0 Å². The standard InChI is InChI=1S/C31H39NO5/c1-20(2)9-10-22-17-23(11-13-26(22)33)27(34)19-25-18-24-12-14-28(21(3)29(24)37-30(25)35)36-16-8-15-32(7)31(4,5)6/h9,11-14,17-18,33H,8,10,15-16,19H2,1-7H3. The number of nitrogens with zero attached hydrogens (tertiary/aromatic N) is 1. The first-order valence-corrected chi connectivity index (χ1v) is 12.8. The molecule has 1 aromatic heterocycles. The van der Waals surface area contributed by atoms with Crippen molar-refractivity contribution < 1.29 is 19.1 Å². The van der Waals surface area contributed by atoms with Gasteiger partial charge in [-0.1, -0.05) is 11.6 Å². The summed E-state index contributed by atoms with van der Waals surface area (Å²) < 4.78 is 11.6. The quantitative estimate of drug-likeness (QED) is 0.152. The van der Waals surface area contributed by atoms with Gasteiger partial charge in [-0.2, -0.15) is 0 Å². The van der Waals surface area contributed by atoms with Crippen molar-refractivity contribution >= 4 is 16.8 Å². The molecule has 0 bridgehead atoms. The van der Waals surface area contributed by atoms with Crippen molar-refractivity contribution in [1.82, 2.24) is 4.90 Å². The highest BCUT2D eigenvalue weighted by molar-refractivity contribution is 5.98. The molecule has 198 valence electrons. The Morgan fingerprint density at radius 1 is 1.11 bits per heavy atom. The Hall–Kier alpha value is -3.38. The molecule has 6 nitrogen and oxygen atoms in total. The molecule has 1 N–H and O–H groups in total. The van der Waals surface area contributed by atoms with Crippen molar-refractivity contribution in [2.45, 2.75) is 66.3 Å². The molecule has 0 aliphatic heterocycles. The van der Waals surface area contributed by atoms with Crippen molar-refractivity contribution in [3.8, 4) is 11.5 Å². The van der Waals surface area contributed by atoms with Crippen molar-refractivity contribution in [3.63, 3.8) is 0 Å². The number of rotatable bonds is 10. The van der Waals surface area contributed by atoms with E-state index < -0.39 is 5.63 Å². The first-order chi connectivity index (χ1) is 17.4. The van der Waals surface area contributed by atoms with Crippen LogP contribution in [0.1, 0.15) is 68.1 Å². The molecule has 0 amide bonds. The number of aryl methyl sites for hydroxylation is 1. The molecule has 0 aliphatic rings. The molecule has 6 heteroatoms. The van der Waals surface area contributed by atoms with E-state index in [1.54, 1.807) is 18.2 Å². The Labute approximate surface area is 219 Å². The fraction of sp³-hybridized carbons (Fsp3) is 0.419. The molecule has 37 heavy (non-hydrogen) atoms. The molecular weight excluding hydrogens is 466 g/mol. The monoisotopic (exact) mass is 505 g/mol. The maximum Gasteiger partial charge on any atom is 0.339 e. The van der Waals surface area contributed by atoms with Crippen LogP contribution in [-0.4, -0.2) is 41.5 Å². The average Bonchev–Trinajstić information content (AvgIpc) is 2.82. The number of fused-ring (bicyclic) bond motifs is 1. The Bertz CT molecular complexity index is 1360. The maximum atomic E-state index is 13.0. The van der Waals surface area contributed by atoms with Crippen LogP contribution < -0.4 is 10.4 Å². The number of phenols is 1. The predicted octanol–water partition coefficient (Wildman–Crippen LogP) is 6.24. The Morgan fingerprint density at radius 3 is 2.51 bits per heavy atom. The first kappa shape index (κ1) is 28.2. The molecular formula is C31H39NO5. The summed E-state index contributed by atoms with van der Waals surface area (Å²) in [5.74, 6) is 0.627. The van der Waals surface area contributed by atoms with Gasteiger partial charge in [0.1, 0.15) is 17.1 Å². The number of hydrogen-bond acceptors (Lipinski definition) is 6. The van der Waals surface area contributed by atoms with E-state index in [1.165, 1.54) is 6.07 Å². The number of hydrogen-bond donors (Lipinski definition) is 1. The number of phenolic OH excluding ortho intramolecular Hbond substituents is 1. The fourth-order valence-electron chi connectivity index (χ4n) is 3.96. The molecule has 1 heterocycles. The minimum atomic E-state index is -0.531. The molecule has 0 fully saturated rings. The van der Waals surface area contributed by atoms with Gasteiger partial charge in [-0.05, 0) is 103 Å². The van der Waals surface area contributed by atoms with E-state index in [2.05, 4.69) is 32.7 Å². The lowest BCUT2D eigenvalue weighted by Crippen LogP contribution is -2.39. The number of aromatic hydroxyl groups is 1. The minimum absolute atomic E-state index is 0.0796. The highest BCUT2D eigenvalue weighted by atomic mass is 16.5. The fourth-order valence-corrected chi connectivity index (χ4v) is 3.96. The normalized spacial score (nSPS) is 11.7. The van der Waals surface area contributed by atoms with E-state index in [0.717, 1.165) is 29.5 Å². The lowest BCUT2D eigenvalue weighted by Gasteiger charge is -2.31. The molecule has 3 rings (SSSR count). The van der Waals surface area contributed by atoms with Crippen LogP contribution in [0.2, 0.25) is 0 Å². The maximum absolute atomic E-state index is 13.0. The third kappa shape index (κ3) is 7.32. The Balaban J connectivity index is 1.74. The zero-order valence-electron chi connectivity index (χ0n) is 23.1. The summed E-state index contributed by atoms with van der Waals surface area (Å²) in [6.07, 6.45) is 3.32. The zero-order valence-corrected chi connectivity index (χ0v) is 23.1. The molecule has 0 saturated carbocycles. The predicted molar refractivity (Wildman–Crippen MR) is 149 cm³/mol. The number of allylic oxidation sites excluding steroid dienone is 2. The van der Waals surface area contributed by atoms with Crippen LogP contribution in [-0.2, 0) is 12.8 Å². The van der Waals surface area contributed by atoms with Crippen LogP contribution in [0.25, 0.3) is 11.0 Å². The van der Waals surface area contributed by atoms with Crippen molar-refractivity contribution in [2.24, 2.45) is 0 Å². The highest BCUT2D eigenvalue weighted by Gasteiger charge is 2.17. The second-order valence-corrected chi connectivity index (χ2v) is 10.9. The smallest absolute Gasteiger partial charge is 0.339 e. The van der Waals surface area contributed by atoms with Gasteiger partial charge >= 0.3 is 5.63 Å². The van der Waals surface area contributed by atoms with E-state index >= 15 is 0 Å². The lowest BCUT2D eigenvalue weighted by atomic mass is 9.99. The molecule has 2 aromatic carbocycles. The highest BCUT2D eigenvalue weighted by Crippen LogP contribution is 2.28. The van der Waals surface area contributed by atoms with Crippen LogP contribution in [0.5, 0.6) is 11.5 Å². The van der Waals surface area contributed by atoms with Crippen LogP contribution in [0.4, 0.5) is 0 Å². The number of ether oxygens (including phenoxy) is 1. The van der Waals surface area contributed by atoms with E-state index in [0.29, 0.717) is 41.1 Å². The number of Topliss-reactive ketones (excluding diaryl/α,β-unsaturated/α-hetero) is 1. The molecule has 0 radical (unpaired) electrons. The first-order valence-electron chi connectivity index (χ1n) is 12.8. The second-order valence-electron chi connectivity index (χ2n) is 10.9. The Kier molecular flexibility index (Phi) is 8.98. The van der Waals surface area contributed by atoms with E-state index in [-0.39, 0.29) is 23.5 Å². The van der Waals surface area contributed by atoms with Crippen LogP contribution >= 0.6 is 0 Å². The number of carbonyl (C=O) groups excluding carboxylic acids is 1. The lowest BCUT2D eigenvalue weighted by molar-refractivity contribution is 0.0992. The molecule has 0 spiro atoms. The average molecular weight is 506 g/mol. The molecule has 0 aliphatic carbocycles. The van der Waals surface area contributed by atoms with Gasteiger partial charge in [-0.25, -0.2) is 4.79 Å². The second kappa shape index (κ2) is 11.8. The SMILES string of the molecule is CC(C)=CCc1cc(C(=O)Cc2cc3ccc(OCCCN(C)C(C)(C)C)c(C)c3oc2=O)ccc1O. The summed E-state index contributed by atoms with van der Waals surface area (Å²) in [6, 6.07) is 10.3. The van der Waals surface area contributed by atoms with E-state index in [9.17, 15) is 14.7 Å². The summed E-state index contributed by atoms with van der Waals surface area (Å²) in [5.41, 5.74) is 3.36. The van der Waals surface area contributed by atoms with Gasteiger partial charge in [0.15, 0.2) is 5.78 Å². The molecule has 0 unspecified atom stereocenters. The number of benzene rings is 2. The molecule has 0 saturated heterocycles. The Morgan fingerprint density at radius 2 is 1.84 bits per heavy atom. The number of ketones is 1. The summed E-state index contributed by atoms with van der Waals surface area (Å²) in [6.45, 7) is 13.9. The van der Waals surface area contributed by atoms with Gasteiger partial charge in [-0.3, -0.25) is 4.79 Å². The van der Waals surface area contributed by atoms with Crippen molar-refractivity contribution in [2.75, 3.05) is 20.2 Å². The van der Waals surface area contributed by atoms with Crippen molar-refractivity contribution in [1.29, 1.82) is 0 Å². The zero-order chi connectivity index (χ0) is 27.3. The van der Waals surface area contributed by atoms with Gasteiger partial charge in [0, 0.05) is 40.6 Å². The largest absolute Gasteiger partial charge is 0.508 e. The van der Waals surface area contributed by atoms with Gasteiger partial charge in [0.05, 0.1) is 6.61 Å². The third-order valence-corrected chi connectivity index (χ3v) is 6.70. The van der Waals surface area contributed by atoms with Gasteiger partial charge in [0.25, 0.3) is 0 Å². The van der Waals surface area contributed by atoms with Crippen LogP contribution in [0, 0.1) is 6.92 Å². The summed E-state index contributed by atoms with van der Waals surface area (Å²) >= 11 is 0.